The molecule has 0 bridgehead atoms. The molecule has 33 heavy (non-hydrogen) atoms. The van der Waals surface area contributed by atoms with Gasteiger partial charge in [-0.3, -0.25) is 4.79 Å². The molecule has 2 N–H and O–H groups in total. The standard InChI is InChI=1S/C26H26O7/c1-31-24(26(29)30)17-18-8-13-23(22(27)16-18)33-15-5-14-32-21-11-9-20(10-12-21)25(28)19-6-3-2-4-7-19/h2-4,6-13,16,24,27H,5,14-15,17H2,1H3,(H,29,30). The molecule has 3 rings (SSSR count). The second-order valence-electron chi connectivity index (χ2n) is 7.34. The number of carboxylic acid groups (broad SMARTS) is 1. The van der Waals surface area contributed by atoms with E-state index in [2.05, 4.69) is 0 Å². The Morgan fingerprint density at radius 3 is 2.18 bits per heavy atom. The zero-order valence-corrected chi connectivity index (χ0v) is 18.3. The van der Waals surface area contributed by atoms with E-state index in [4.69, 9.17) is 19.3 Å². The topological polar surface area (TPSA) is 102 Å². The van der Waals surface area contributed by atoms with E-state index in [0.717, 1.165) is 0 Å². The van der Waals surface area contributed by atoms with Crippen molar-refractivity contribution in [2.24, 2.45) is 0 Å². The van der Waals surface area contributed by atoms with Gasteiger partial charge in [0.25, 0.3) is 0 Å². The van der Waals surface area contributed by atoms with E-state index in [0.29, 0.717) is 47.8 Å². The van der Waals surface area contributed by atoms with Gasteiger partial charge in [-0.05, 0) is 42.0 Å². The summed E-state index contributed by atoms with van der Waals surface area (Å²) in [4.78, 5) is 23.5. The van der Waals surface area contributed by atoms with Gasteiger partial charge < -0.3 is 24.4 Å². The number of hydrogen-bond donors (Lipinski definition) is 2. The second kappa shape index (κ2) is 11.7. The van der Waals surface area contributed by atoms with Crippen LogP contribution in [-0.4, -0.2) is 48.4 Å². The molecule has 0 aliphatic heterocycles. The van der Waals surface area contributed by atoms with Gasteiger partial charge >= 0.3 is 5.97 Å². The van der Waals surface area contributed by atoms with Gasteiger partial charge in [0, 0.05) is 31.1 Å². The first kappa shape index (κ1) is 23.8. The summed E-state index contributed by atoms with van der Waals surface area (Å²) < 4.78 is 16.2. The normalized spacial score (nSPS) is 11.5. The van der Waals surface area contributed by atoms with E-state index in [9.17, 15) is 14.7 Å². The molecular weight excluding hydrogens is 424 g/mol. The van der Waals surface area contributed by atoms with Crippen molar-refractivity contribution in [3.63, 3.8) is 0 Å². The molecule has 0 aliphatic carbocycles. The Labute approximate surface area is 192 Å². The van der Waals surface area contributed by atoms with Crippen molar-refractivity contribution in [1.82, 2.24) is 0 Å². The van der Waals surface area contributed by atoms with Crippen molar-refractivity contribution in [2.75, 3.05) is 20.3 Å². The average molecular weight is 450 g/mol. The molecule has 1 unspecified atom stereocenters. The van der Waals surface area contributed by atoms with Crippen LogP contribution in [0.1, 0.15) is 27.9 Å². The molecule has 3 aromatic carbocycles. The predicted molar refractivity (Wildman–Crippen MR) is 122 cm³/mol. The number of carboxylic acids is 1. The van der Waals surface area contributed by atoms with Crippen LogP contribution in [0, 0.1) is 0 Å². The summed E-state index contributed by atoms with van der Waals surface area (Å²) >= 11 is 0. The van der Waals surface area contributed by atoms with Crippen LogP contribution in [0.15, 0.2) is 72.8 Å². The third kappa shape index (κ3) is 6.82. The largest absolute Gasteiger partial charge is 0.504 e. The van der Waals surface area contributed by atoms with Crippen LogP contribution >= 0.6 is 0 Å². The highest BCUT2D eigenvalue weighted by Crippen LogP contribution is 2.27. The van der Waals surface area contributed by atoms with E-state index in [1.807, 2.05) is 18.2 Å². The molecule has 0 aliphatic rings. The predicted octanol–water partition coefficient (Wildman–Crippen LogP) is 4.11. The monoisotopic (exact) mass is 450 g/mol. The third-order valence-electron chi connectivity index (χ3n) is 4.97. The van der Waals surface area contributed by atoms with Crippen LogP contribution in [0.2, 0.25) is 0 Å². The Balaban J connectivity index is 1.42. The lowest BCUT2D eigenvalue weighted by molar-refractivity contribution is -0.148. The maximum atomic E-state index is 12.4. The molecule has 0 fully saturated rings. The van der Waals surface area contributed by atoms with Crippen molar-refractivity contribution >= 4 is 11.8 Å². The first-order valence-electron chi connectivity index (χ1n) is 10.5. The minimum atomic E-state index is -1.06. The van der Waals surface area contributed by atoms with E-state index < -0.39 is 12.1 Å². The van der Waals surface area contributed by atoms with Crippen LogP contribution in [0.25, 0.3) is 0 Å². The summed E-state index contributed by atoms with van der Waals surface area (Å²) in [7, 11) is 1.33. The molecule has 7 heteroatoms. The number of benzene rings is 3. The Morgan fingerprint density at radius 2 is 1.55 bits per heavy atom. The minimum Gasteiger partial charge on any atom is -0.504 e. The number of rotatable bonds is 12. The molecule has 0 aromatic heterocycles. The summed E-state index contributed by atoms with van der Waals surface area (Å²) in [5, 5.41) is 19.2. The van der Waals surface area contributed by atoms with Crippen LogP contribution < -0.4 is 9.47 Å². The van der Waals surface area contributed by atoms with Crippen LogP contribution in [0.3, 0.4) is 0 Å². The number of ether oxygens (including phenoxy) is 3. The first-order valence-corrected chi connectivity index (χ1v) is 10.5. The van der Waals surface area contributed by atoms with Crippen LogP contribution in [0.4, 0.5) is 0 Å². The van der Waals surface area contributed by atoms with Crippen molar-refractivity contribution < 1.29 is 34.0 Å². The molecule has 0 amide bonds. The smallest absolute Gasteiger partial charge is 0.333 e. The van der Waals surface area contributed by atoms with Gasteiger partial charge in [0.05, 0.1) is 13.2 Å². The highest BCUT2D eigenvalue weighted by Gasteiger charge is 2.17. The highest BCUT2D eigenvalue weighted by atomic mass is 16.5. The first-order chi connectivity index (χ1) is 16.0. The molecule has 0 saturated heterocycles. The number of hydrogen-bond acceptors (Lipinski definition) is 6. The SMILES string of the molecule is COC(Cc1ccc(OCCCOc2ccc(C(=O)c3ccccc3)cc2)c(O)c1)C(=O)O. The molecule has 0 heterocycles. The van der Waals surface area contributed by atoms with Crippen LogP contribution in [-0.2, 0) is 16.0 Å². The van der Waals surface area contributed by atoms with Gasteiger partial charge in [-0.2, -0.15) is 0 Å². The fourth-order valence-corrected chi connectivity index (χ4v) is 3.19. The Hall–Kier alpha value is -3.84. The van der Waals surface area contributed by atoms with Gasteiger partial charge in [0.1, 0.15) is 5.75 Å². The average Bonchev–Trinajstić information content (AvgIpc) is 2.83. The molecule has 1 atom stereocenters. The highest BCUT2D eigenvalue weighted by molar-refractivity contribution is 6.08. The number of phenols is 1. The van der Waals surface area contributed by atoms with Gasteiger partial charge in [0.15, 0.2) is 23.4 Å². The molecule has 0 radical (unpaired) electrons. The maximum Gasteiger partial charge on any atom is 0.333 e. The number of phenolic OH excluding ortho intramolecular Hbond substituents is 1. The molecule has 0 spiro atoms. The summed E-state index contributed by atoms with van der Waals surface area (Å²) in [5.74, 6) is -0.200. The number of aromatic hydroxyl groups is 1. The zero-order valence-electron chi connectivity index (χ0n) is 18.3. The Bertz CT molecular complexity index is 1060. The molecular formula is C26H26O7. The number of methoxy groups -OCH3 is 1. The van der Waals surface area contributed by atoms with E-state index >= 15 is 0 Å². The lowest BCUT2D eigenvalue weighted by Gasteiger charge is -2.13. The van der Waals surface area contributed by atoms with E-state index in [1.54, 1.807) is 48.5 Å². The summed E-state index contributed by atoms with van der Waals surface area (Å²) in [5.41, 5.74) is 1.86. The van der Waals surface area contributed by atoms with Crippen LogP contribution in [0.5, 0.6) is 17.2 Å². The molecule has 0 saturated carbocycles. The van der Waals surface area contributed by atoms with E-state index in [1.165, 1.54) is 13.2 Å². The number of ketones is 1. The van der Waals surface area contributed by atoms with Crippen molar-refractivity contribution in [1.29, 1.82) is 0 Å². The van der Waals surface area contributed by atoms with Gasteiger partial charge in [-0.1, -0.05) is 36.4 Å². The third-order valence-corrected chi connectivity index (χ3v) is 4.97. The lowest BCUT2D eigenvalue weighted by Crippen LogP contribution is -2.24. The quantitative estimate of drug-likeness (QED) is 0.316. The lowest BCUT2D eigenvalue weighted by atomic mass is 10.0. The Kier molecular flexibility index (Phi) is 8.43. The number of aliphatic carboxylic acids is 1. The second-order valence-corrected chi connectivity index (χ2v) is 7.34. The van der Waals surface area contributed by atoms with E-state index in [-0.39, 0.29) is 18.0 Å². The summed E-state index contributed by atoms with van der Waals surface area (Å²) in [6.07, 6.45) is -0.251. The van der Waals surface area contributed by atoms with Crippen molar-refractivity contribution in [2.45, 2.75) is 18.9 Å². The molecule has 172 valence electrons. The minimum absolute atomic E-state index is 0.0397. The molecule has 3 aromatic rings. The van der Waals surface area contributed by atoms with Gasteiger partial charge in [-0.15, -0.1) is 0 Å². The van der Waals surface area contributed by atoms with Gasteiger partial charge in [0.2, 0.25) is 0 Å². The fourth-order valence-electron chi connectivity index (χ4n) is 3.19. The summed E-state index contributed by atoms with van der Waals surface area (Å²) in [6, 6.07) is 20.8. The number of carbonyl (C=O) groups is 2. The molecule has 7 nitrogen and oxygen atoms in total. The van der Waals surface area contributed by atoms with Crippen molar-refractivity contribution in [3.05, 3.63) is 89.5 Å². The fraction of sp³-hybridized carbons (Fsp3) is 0.231. The van der Waals surface area contributed by atoms with Gasteiger partial charge in [-0.25, -0.2) is 4.79 Å². The Morgan fingerprint density at radius 1 is 0.879 bits per heavy atom. The number of carbonyl (C=O) groups excluding carboxylic acids is 1. The maximum absolute atomic E-state index is 12.4. The zero-order chi connectivity index (χ0) is 23.6. The summed E-state index contributed by atoms with van der Waals surface area (Å²) in [6.45, 7) is 0.728. The van der Waals surface area contributed by atoms with Crippen molar-refractivity contribution in [3.8, 4) is 17.2 Å².